The van der Waals surface area contributed by atoms with E-state index in [2.05, 4.69) is 0 Å². The smallest absolute Gasteiger partial charge is 0.294 e. The van der Waals surface area contributed by atoms with Gasteiger partial charge >= 0.3 is 0 Å². The van der Waals surface area contributed by atoms with E-state index in [1.54, 1.807) is 36.4 Å². The van der Waals surface area contributed by atoms with Crippen molar-refractivity contribution in [2.24, 2.45) is 0 Å². The van der Waals surface area contributed by atoms with Gasteiger partial charge in [0.1, 0.15) is 0 Å². The van der Waals surface area contributed by atoms with Gasteiger partial charge in [0.2, 0.25) is 5.91 Å². The fourth-order valence-electron chi connectivity index (χ4n) is 4.98. The van der Waals surface area contributed by atoms with E-state index in [9.17, 15) is 35.5 Å². The number of hydrogen-bond acceptors (Lipinski definition) is 7. The van der Waals surface area contributed by atoms with Crippen molar-refractivity contribution in [1.82, 2.24) is 0 Å². The quantitative estimate of drug-likeness (QED) is 0.174. The summed E-state index contributed by atoms with van der Waals surface area (Å²) < 4.78 is 65.4. The van der Waals surface area contributed by atoms with Crippen molar-refractivity contribution in [2.45, 2.75) is 16.7 Å². The number of anilines is 4. The molecule has 0 atom stereocenters. The SMILES string of the molecule is CC(=O)N(c1cc(N)cc(C(=O)N(C)c2cccc3cc(S(=O)(=O)O)ccc23)c1)c1cccc2cc(S(=O)(=O)O)ccc12. The molecule has 2 amide bonds. The van der Waals surface area contributed by atoms with Gasteiger partial charge in [-0.05, 0) is 65.4 Å². The van der Waals surface area contributed by atoms with Crippen molar-refractivity contribution < 1.29 is 35.5 Å². The minimum absolute atomic E-state index is 0.157. The Bertz CT molecular complexity index is 2180. The molecule has 0 fully saturated rings. The van der Waals surface area contributed by atoms with Gasteiger partial charge in [-0.3, -0.25) is 23.6 Å². The molecule has 0 unspecified atom stereocenters. The lowest BCUT2D eigenvalue weighted by atomic mass is 10.1. The Kier molecular flexibility index (Phi) is 7.44. The van der Waals surface area contributed by atoms with Crippen LogP contribution >= 0.6 is 0 Å². The summed E-state index contributed by atoms with van der Waals surface area (Å²) in [7, 11) is -7.33. The highest BCUT2D eigenvalue weighted by Gasteiger charge is 2.23. The van der Waals surface area contributed by atoms with Gasteiger partial charge in [0.05, 0.1) is 26.9 Å². The molecule has 0 aliphatic carbocycles. The lowest BCUT2D eigenvalue weighted by Gasteiger charge is -2.25. The highest BCUT2D eigenvalue weighted by atomic mass is 32.2. The van der Waals surface area contributed by atoms with Crippen LogP contribution in [0.25, 0.3) is 21.5 Å². The third-order valence-electron chi connectivity index (χ3n) is 6.92. The number of carbonyl (C=O) groups excluding carboxylic acids is 2. The predicted octanol–water partition coefficient (Wildman–Crippen LogP) is 5.03. The molecule has 0 radical (unpaired) electrons. The molecular weight excluding hydrogens is 594 g/mol. The van der Waals surface area contributed by atoms with E-state index < -0.39 is 32.1 Å². The van der Waals surface area contributed by atoms with Gasteiger partial charge < -0.3 is 10.6 Å². The molecule has 0 saturated heterocycles. The molecule has 0 spiro atoms. The monoisotopic (exact) mass is 619 g/mol. The largest absolute Gasteiger partial charge is 0.399 e. The Balaban J connectivity index is 1.58. The molecule has 0 heterocycles. The van der Waals surface area contributed by atoms with E-state index in [1.165, 1.54) is 78.4 Å². The first-order valence-electron chi connectivity index (χ1n) is 12.6. The molecule has 0 aromatic heterocycles. The van der Waals surface area contributed by atoms with Gasteiger partial charge in [0, 0.05) is 36.0 Å². The van der Waals surface area contributed by atoms with Crippen LogP contribution in [0.15, 0.2) is 101 Å². The second kappa shape index (κ2) is 10.8. The summed E-state index contributed by atoms with van der Waals surface area (Å²) in [6.45, 7) is 1.33. The summed E-state index contributed by atoms with van der Waals surface area (Å²) in [5.74, 6) is -0.883. The average Bonchev–Trinajstić information content (AvgIpc) is 2.94. The molecule has 11 nitrogen and oxygen atoms in total. The van der Waals surface area contributed by atoms with Crippen molar-refractivity contribution in [3.8, 4) is 0 Å². The maximum Gasteiger partial charge on any atom is 0.294 e. The first-order chi connectivity index (χ1) is 20.1. The van der Waals surface area contributed by atoms with Crippen molar-refractivity contribution in [3.63, 3.8) is 0 Å². The highest BCUT2D eigenvalue weighted by Crippen LogP contribution is 2.36. The summed E-state index contributed by atoms with van der Waals surface area (Å²) in [6.07, 6.45) is 0. The molecule has 0 saturated carbocycles. The predicted molar refractivity (Wildman–Crippen MR) is 164 cm³/mol. The number of nitrogens with two attached hydrogens (primary N) is 1. The van der Waals surface area contributed by atoms with Crippen LogP contribution < -0.4 is 15.5 Å². The Labute approximate surface area is 247 Å². The molecule has 5 aromatic rings. The minimum atomic E-state index is -4.45. The number of rotatable bonds is 6. The topological polar surface area (TPSA) is 175 Å². The number of amides is 2. The minimum Gasteiger partial charge on any atom is -0.399 e. The second-order valence-electron chi connectivity index (χ2n) is 9.80. The number of carbonyl (C=O) groups is 2. The van der Waals surface area contributed by atoms with E-state index in [4.69, 9.17) is 5.73 Å². The molecule has 5 aromatic carbocycles. The van der Waals surface area contributed by atoms with Crippen LogP contribution in [0, 0.1) is 0 Å². The van der Waals surface area contributed by atoms with Crippen LogP contribution in [0.5, 0.6) is 0 Å². The van der Waals surface area contributed by atoms with E-state index in [1.807, 2.05) is 0 Å². The second-order valence-corrected chi connectivity index (χ2v) is 12.6. The standard InChI is InChI=1S/C30H25N3O8S2/c1-18(34)33(29-8-4-6-20-16-25(43(39,40)41)10-12-27(20)29)23-14-21(13-22(31)17-23)30(35)32(2)28-7-3-5-19-15-24(42(36,37)38)9-11-26(19)28/h3-17H,31H2,1-2H3,(H,36,37,38)(H,39,40,41). The summed E-state index contributed by atoms with van der Waals surface area (Å²) in [5, 5.41) is 2.00. The lowest BCUT2D eigenvalue weighted by molar-refractivity contribution is -0.115. The normalized spacial score (nSPS) is 11.9. The van der Waals surface area contributed by atoms with Crippen molar-refractivity contribution in [3.05, 3.63) is 96.6 Å². The fourth-order valence-corrected chi connectivity index (χ4v) is 6.01. The first-order valence-corrected chi connectivity index (χ1v) is 15.5. The lowest BCUT2D eigenvalue weighted by Crippen LogP contribution is -2.28. The van der Waals surface area contributed by atoms with Crippen molar-refractivity contribution in [1.29, 1.82) is 0 Å². The first kappa shape index (κ1) is 29.7. The molecular formula is C30H25N3O8S2. The number of hydrogen-bond donors (Lipinski definition) is 3. The summed E-state index contributed by atoms with van der Waals surface area (Å²) in [4.78, 5) is 28.9. The number of fused-ring (bicyclic) bond motifs is 2. The van der Waals surface area contributed by atoms with Crippen molar-refractivity contribution >= 4 is 76.3 Å². The molecule has 220 valence electrons. The molecule has 4 N–H and O–H groups in total. The zero-order valence-corrected chi connectivity index (χ0v) is 24.4. The van der Waals surface area contributed by atoms with Crippen LogP contribution in [0.1, 0.15) is 17.3 Å². The van der Waals surface area contributed by atoms with Gasteiger partial charge in [-0.25, -0.2) is 0 Å². The molecule has 43 heavy (non-hydrogen) atoms. The maximum atomic E-state index is 13.7. The summed E-state index contributed by atoms with van der Waals surface area (Å²) >= 11 is 0. The van der Waals surface area contributed by atoms with E-state index in [0.717, 1.165) is 0 Å². The molecule has 5 rings (SSSR count). The Morgan fingerprint density at radius 2 is 1.21 bits per heavy atom. The highest BCUT2D eigenvalue weighted by molar-refractivity contribution is 7.86. The molecule has 13 heteroatoms. The van der Waals surface area contributed by atoms with Crippen molar-refractivity contribution in [2.75, 3.05) is 22.6 Å². The van der Waals surface area contributed by atoms with E-state index in [-0.39, 0.29) is 26.7 Å². The van der Waals surface area contributed by atoms with Gasteiger partial charge in [-0.15, -0.1) is 0 Å². The molecule has 0 aliphatic heterocycles. The van der Waals surface area contributed by atoms with Crippen LogP contribution in [0.3, 0.4) is 0 Å². The van der Waals surface area contributed by atoms with Gasteiger partial charge in [0.25, 0.3) is 26.1 Å². The van der Waals surface area contributed by atoms with Crippen LogP contribution in [-0.4, -0.2) is 44.8 Å². The zero-order valence-electron chi connectivity index (χ0n) is 22.8. The number of benzene rings is 5. The average molecular weight is 620 g/mol. The van der Waals surface area contributed by atoms with E-state index >= 15 is 0 Å². The zero-order chi connectivity index (χ0) is 31.3. The van der Waals surface area contributed by atoms with Crippen LogP contribution in [0.2, 0.25) is 0 Å². The maximum absolute atomic E-state index is 13.7. The fraction of sp³-hybridized carbons (Fsp3) is 0.0667. The Morgan fingerprint density at radius 3 is 1.72 bits per heavy atom. The number of nitrogens with zero attached hydrogens (tertiary/aromatic N) is 2. The van der Waals surface area contributed by atoms with Gasteiger partial charge in [0.15, 0.2) is 0 Å². The summed E-state index contributed by atoms with van der Waals surface area (Å²) in [6, 6.07) is 22.4. The van der Waals surface area contributed by atoms with Gasteiger partial charge in [-0.1, -0.05) is 36.4 Å². The summed E-state index contributed by atoms with van der Waals surface area (Å²) in [5.41, 5.74) is 7.69. The molecule has 0 bridgehead atoms. The Hall–Kier alpha value is -4.82. The molecule has 0 aliphatic rings. The van der Waals surface area contributed by atoms with Crippen LogP contribution in [0.4, 0.5) is 22.7 Å². The third-order valence-corrected chi connectivity index (χ3v) is 8.62. The number of nitrogen functional groups attached to an aromatic ring is 1. The van der Waals surface area contributed by atoms with Crippen LogP contribution in [-0.2, 0) is 25.0 Å². The third kappa shape index (κ3) is 5.79. The Morgan fingerprint density at radius 1 is 0.698 bits per heavy atom. The van der Waals surface area contributed by atoms with E-state index in [0.29, 0.717) is 32.9 Å². The van der Waals surface area contributed by atoms with Gasteiger partial charge in [-0.2, -0.15) is 16.8 Å².